The number of hydrogen-bond acceptors (Lipinski definition) is 1. The van der Waals surface area contributed by atoms with Gasteiger partial charge in [0.1, 0.15) is 5.82 Å². The van der Waals surface area contributed by atoms with Crippen LogP contribution in [0, 0.1) is 19.7 Å². The molecule has 1 nitrogen and oxygen atoms in total. The molecule has 0 aliphatic rings. The molecule has 1 N–H and O–H groups in total. The molecule has 2 aromatic rings. The first-order valence-electron chi connectivity index (χ1n) is 7.15. The standard InChI is InChI=1S/C18H22FN/c1-4-20-17(12-15-9-5-7-13(2)11-15)16-10-6-8-14(3)18(16)19/h5-11,17,20H,4,12H2,1-3H3. The minimum Gasteiger partial charge on any atom is -0.310 e. The summed E-state index contributed by atoms with van der Waals surface area (Å²) in [5, 5.41) is 3.39. The van der Waals surface area contributed by atoms with Crippen molar-refractivity contribution >= 4 is 0 Å². The molecule has 0 radical (unpaired) electrons. The fourth-order valence-electron chi connectivity index (χ4n) is 2.55. The van der Waals surface area contributed by atoms with Gasteiger partial charge in [-0.1, -0.05) is 55.0 Å². The first kappa shape index (κ1) is 14.7. The Labute approximate surface area is 120 Å². The van der Waals surface area contributed by atoms with Crippen molar-refractivity contribution in [3.8, 4) is 0 Å². The van der Waals surface area contributed by atoms with Crippen LogP contribution in [0.4, 0.5) is 4.39 Å². The number of aryl methyl sites for hydroxylation is 2. The van der Waals surface area contributed by atoms with Crippen LogP contribution < -0.4 is 5.32 Å². The third-order valence-electron chi connectivity index (χ3n) is 3.57. The molecule has 0 saturated carbocycles. The zero-order valence-corrected chi connectivity index (χ0v) is 12.4. The van der Waals surface area contributed by atoms with Crippen molar-refractivity contribution in [2.75, 3.05) is 6.54 Å². The number of hydrogen-bond donors (Lipinski definition) is 1. The second-order valence-corrected chi connectivity index (χ2v) is 5.28. The first-order valence-corrected chi connectivity index (χ1v) is 7.15. The SMILES string of the molecule is CCNC(Cc1cccc(C)c1)c1cccc(C)c1F. The average Bonchev–Trinajstić information content (AvgIpc) is 2.42. The van der Waals surface area contributed by atoms with E-state index in [1.165, 1.54) is 11.1 Å². The highest BCUT2D eigenvalue weighted by Crippen LogP contribution is 2.23. The Kier molecular flexibility index (Phi) is 4.91. The summed E-state index contributed by atoms with van der Waals surface area (Å²) in [6.07, 6.45) is 0.801. The Morgan fingerprint density at radius 1 is 1.10 bits per heavy atom. The molecule has 20 heavy (non-hydrogen) atoms. The largest absolute Gasteiger partial charge is 0.310 e. The van der Waals surface area contributed by atoms with Gasteiger partial charge in [0.2, 0.25) is 0 Å². The summed E-state index contributed by atoms with van der Waals surface area (Å²) in [5.74, 6) is -0.0916. The molecule has 2 rings (SSSR count). The molecule has 0 aliphatic heterocycles. The third kappa shape index (κ3) is 3.45. The predicted octanol–water partition coefficient (Wildman–Crippen LogP) is 4.34. The van der Waals surface area contributed by atoms with E-state index < -0.39 is 0 Å². The topological polar surface area (TPSA) is 12.0 Å². The van der Waals surface area contributed by atoms with Gasteiger partial charge in [-0.15, -0.1) is 0 Å². The van der Waals surface area contributed by atoms with E-state index in [0.29, 0.717) is 5.56 Å². The van der Waals surface area contributed by atoms with Crippen LogP contribution in [-0.4, -0.2) is 6.54 Å². The molecule has 0 aliphatic carbocycles. The van der Waals surface area contributed by atoms with E-state index in [4.69, 9.17) is 0 Å². The van der Waals surface area contributed by atoms with Crippen molar-refractivity contribution in [2.24, 2.45) is 0 Å². The van der Waals surface area contributed by atoms with Crippen molar-refractivity contribution in [1.82, 2.24) is 5.32 Å². The number of rotatable bonds is 5. The van der Waals surface area contributed by atoms with Gasteiger partial charge in [-0.3, -0.25) is 0 Å². The lowest BCUT2D eigenvalue weighted by Crippen LogP contribution is -2.24. The summed E-state index contributed by atoms with van der Waals surface area (Å²) in [6, 6.07) is 14.0. The summed E-state index contributed by atoms with van der Waals surface area (Å²) in [5.41, 5.74) is 3.93. The van der Waals surface area contributed by atoms with E-state index in [0.717, 1.165) is 18.5 Å². The average molecular weight is 271 g/mol. The van der Waals surface area contributed by atoms with E-state index in [2.05, 4.69) is 43.4 Å². The lowest BCUT2D eigenvalue weighted by Gasteiger charge is -2.20. The smallest absolute Gasteiger partial charge is 0.130 e. The summed E-state index contributed by atoms with van der Waals surface area (Å²) < 4.78 is 14.3. The van der Waals surface area contributed by atoms with Crippen molar-refractivity contribution in [3.05, 3.63) is 70.5 Å². The van der Waals surface area contributed by atoms with Crippen LogP contribution in [0.1, 0.15) is 35.2 Å². The summed E-state index contributed by atoms with van der Waals surface area (Å²) in [4.78, 5) is 0. The number of likely N-dealkylation sites (N-methyl/N-ethyl adjacent to an activating group) is 1. The predicted molar refractivity (Wildman–Crippen MR) is 82.4 cm³/mol. The summed E-state index contributed by atoms with van der Waals surface area (Å²) in [7, 11) is 0. The lowest BCUT2D eigenvalue weighted by molar-refractivity contribution is 0.507. The molecule has 2 aromatic carbocycles. The zero-order chi connectivity index (χ0) is 14.5. The Morgan fingerprint density at radius 2 is 1.85 bits per heavy atom. The minimum atomic E-state index is -0.0916. The molecular weight excluding hydrogens is 249 g/mol. The van der Waals surface area contributed by atoms with Crippen molar-refractivity contribution in [1.29, 1.82) is 0 Å². The second kappa shape index (κ2) is 6.67. The molecule has 0 fully saturated rings. The second-order valence-electron chi connectivity index (χ2n) is 5.28. The summed E-state index contributed by atoms with van der Waals surface area (Å²) >= 11 is 0. The van der Waals surface area contributed by atoms with E-state index in [1.807, 2.05) is 25.1 Å². The fraction of sp³-hybridized carbons (Fsp3) is 0.333. The third-order valence-corrected chi connectivity index (χ3v) is 3.57. The van der Waals surface area contributed by atoms with Crippen LogP contribution in [0.15, 0.2) is 42.5 Å². The highest BCUT2D eigenvalue weighted by atomic mass is 19.1. The maximum Gasteiger partial charge on any atom is 0.130 e. The Morgan fingerprint density at radius 3 is 2.55 bits per heavy atom. The molecular formula is C18H22FN. The van der Waals surface area contributed by atoms with Crippen LogP contribution in [0.3, 0.4) is 0 Å². The Hall–Kier alpha value is -1.67. The van der Waals surface area contributed by atoms with E-state index in [-0.39, 0.29) is 11.9 Å². The van der Waals surface area contributed by atoms with Gasteiger partial charge >= 0.3 is 0 Å². The monoisotopic (exact) mass is 271 g/mol. The quantitative estimate of drug-likeness (QED) is 0.853. The Bertz CT molecular complexity index is 577. The molecule has 0 aromatic heterocycles. The number of nitrogens with one attached hydrogen (secondary N) is 1. The molecule has 1 atom stereocenters. The minimum absolute atomic E-state index is 0.0155. The first-order chi connectivity index (χ1) is 9.61. The van der Waals surface area contributed by atoms with Crippen molar-refractivity contribution < 1.29 is 4.39 Å². The van der Waals surface area contributed by atoms with Gasteiger partial charge in [0.15, 0.2) is 0 Å². The van der Waals surface area contributed by atoms with Gasteiger partial charge in [0.05, 0.1) is 0 Å². The molecule has 0 bridgehead atoms. The van der Waals surface area contributed by atoms with E-state index in [1.54, 1.807) is 0 Å². The van der Waals surface area contributed by atoms with Crippen LogP contribution in [0.25, 0.3) is 0 Å². The van der Waals surface area contributed by atoms with Crippen LogP contribution in [0.2, 0.25) is 0 Å². The number of benzene rings is 2. The van der Waals surface area contributed by atoms with Gasteiger partial charge in [-0.2, -0.15) is 0 Å². The van der Waals surface area contributed by atoms with Crippen LogP contribution >= 0.6 is 0 Å². The van der Waals surface area contributed by atoms with E-state index >= 15 is 0 Å². The van der Waals surface area contributed by atoms with Gasteiger partial charge in [0, 0.05) is 11.6 Å². The van der Waals surface area contributed by atoms with Crippen molar-refractivity contribution in [2.45, 2.75) is 33.2 Å². The summed E-state index contributed by atoms with van der Waals surface area (Å²) in [6.45, 7) is 6.77. The van der Waals surface area contributed by atoms with Gasteiger partial charge in [-0.25, -0.2) is 4.39 Å². The lowest BCUT2D eigenvalue weighted by atomic mass is 9.96. The molecule has 2 heteroatoms. The highest BCUT2D eigenvalue weighted by molar-refractivity contribution is 5.30. The van der Waals surface area contributed by atoms with Crippen LogP contribution in [-0.2, 0) is 6.42 Å². The molecule has 0 amide bonds. The molecule has 0 saturated heterocycles. The highest BCUT2D eigenvalue weighted by Gasteiger charge is 2.16. The van der Waals surface area contributed by atoms with Gasteiger partial charge < -0.3 is 5.32 Å². The fourth-order valence-corrected chi connectivity index (χ4v) is 2.55. The zero-order valence-electron chi connectivity index (χ0n) is 12.4. The Balaban J connectivity index is 2.29. The molecule has 1 unspecified atom stereocenters. The van der Waals surface area contributed by atoms with Crippen LogP contribution in [0.5, 0.6) is 0 Å². The van der Waals surface area contributed by atoms with Crippen molar-refractivity contribution in [3.63, 3.8) is 0 Å². The van der Waals surface area contributed by atoms with Gasteiger partial charge in [-0.05, 0) is 37.9 Å². The molecule has 106 valence electrons. The molecule has 0 spiro atoms. The maximum atomic E-state index is 14.3. The molecule has 0 heterocycles. The van der Waals surface area contributed by atoms with Gasteiger partial charge in [0.25, 0.3) is 0 Å². The normalized spacial score (nSPS) is 12.4. The number of halogens is 1. The maximum absolute atomic E-state index is 14.3. The van der Waals surface area contributed by atoms with E-state index in [9.17, 15) is 4.39 Å².